The van der Waals surface area contributed by atoms with E-state index in [1.807, 2.05) is 0 Å². The zero-order valence-corrected chi connectivity index (χ0v) is 17.7. The van der Waals surface area contributed by atoms with Crippen molar-refractivity contribution in [3.05, 3.63) is 47.7 Å². The van der Waals surface area contributed by atoms with E-state index < -0.39 is 37.6 Å². The van der Waals surface area contributed by atoms with Gasteiger partial charge < -0.3 is 15.8 Å². The van der Waals surface area contributed by atoms with Gasteiger partial charge in [0.25, 0.3) is 5.91 Å². The summed E-state index contributed by atoms with van der Waals surface area (Å²) in [4.78, 5) is 24.6. The van der Waals surface area contributed by atoms with Crippen LogP contribution in [0.2, 0.25) is 0 Å². The van der Waals surface area contributed by atoms with Crippen molar-refractivity contribution in [2.45, 2.75) is 31.1 Å². The number of anilines is 1. The second-order valence-electron chi connectivity index (χ2n) is 7.63. The number of amides is 1. The number of hydrogen-bond acceptors (Lipinski definition) is 8. The van der Waals surface area contributed by atoms with Gasteiger partial charge >= 0.3 is 0 Å². The van der Waals surface area contributed by atoms with Crippen LogP contribution in [0.4, 0.5) is 10.1 Å². The Hall–Kier alpha value is -3.08. The van der Waals surface area contributed by atoms with Crippen molar-refractivity contribution in [1.82, 2.24) is 9.97 Å². The number of carbonyl (C=O) groups excluding carboxylic acids is 1. The monoisotopic (exact) mass is 435 g/mol. The van der Waals surface area contributed by atoms with Crippen LogP contribution in [0.5, 0.6) is 5.88 Å². The molecule has 2 heterocycles. The number of benzene rings is 1. The molecule has 3 rings (SSSR count). The third-order valence-corrected chi connectivity index (χ3v) is 7.81. The lowest BCUT2D eigenvalue weighted by Crippen LogP contribution is -2.55. The molecule has 0 saturated heterocycles. The van der Waals surface area contributed by atoms with Gasteiger partial charge in [0.1, 0.15) is 27.6 Å². The second-order valence-corrected chi connectivity index (χ2v) is 10.2. The molecular formula is C19H22FN5O4S. The van der Waals surface area contributed by atoms with Gasteiger partial charge in [-0.2, -0.15) is 0 Å². The van der Waals surface area contributed by atoms with Gasteiger partial charge in [-0.05, 0) is 39.0 Å². The Kier molecular flexibility index (Phi) is 5.27. The first-order chi connectivity index (χ1) is 13.9. The number of rotatable bonds is 4. The first-order valence-corrected chi connectivity index (χ1v) is 10.6. The van der Waals surface area contributed by atoms with E-state index in [-0.39, 0.29) is 28.7 Å². The third kappa shape index (κ3) is 3.72. The summed E-state index contributed by atoms with van der Waals surface area (Å²) in [7, 11) is -2.29. The fourth-order valence-corrected chi connectivity index (χ4v) is 4.72. The standard InChI is InChI=1S/C19H22FN5O4S/c1-18(2)17(21)25-19(3,10-30(18,27)28)12-7-11(5-6-13(12)20)24-16(26)14-8-23-15(29-4)9-22-14/h5-9H,10H2,1-4H3,(H2,21,25)(H,24,26). The number of hydrogen-bond donors (Lipinski definition) is 2. The summed E-state index contributed by atoms with van der Waals surface area (Å²) in [5, 5.41) is 2.59. The number of halogens is 1. The average Bonchev–Trinajstić information content (AvgIpc) is 2.67. The van der Waals surface area contributed by atoms with Gasteiger partial charge in [-0.3, -0.25) is 9.79 Å². The molecule has 1 aliphatic heterocycles. The van der Waals surface area contributed by atoms with E-state index in [9.17, 15) is 17.6 Å². The number of sulfone groups is 1. The van der Waals surface area contributed by atoms with Crippen molar-refractivity contribution in [3.8, 4) is 5.88 Å². The van der Waals surface area contributed by atoms with E-state index in [1.54, 1.807) is 0 Å². The second kappa shape index (κ2) is 7.31. The molecule has 1 atom stereocenters. The van der Waals surface area contributed by atoms with Crippen LogP contribution in [-0.4, -0.2) is 47.7 Å². The van der Waals surface area contributed by atoms with Crippen LogP contribution in [0.25, 0.3) is 0 Å². The highest BCUT2D eigenvalue weighted by molar-refractivity contribution is 7.93. The van der Waals surface area contributed by atoms with E-state index in [2.05, 4.69) is 20.3 Å². The van der Waals surface area contributed by atoms with Gasteiger partial charge in [-0.15, -0.1) is 0 Å². The minimum absolute atomic E-state index is 0.00291. The van der Waals surface area contributed by atoms with Crippen LogP contribution >= 0.6 is 0 Å². The zero-order chi connectivity index (χ0) is 22.3. The number of nitrogens with zero attached hydrogens (tertiary/aromatic N) is 3. The molecule has 30 heavy (non-hydrogen) atoms. The molecule has 3 N–H and O–H groups in total. The molecule has 1 unspecified atom stereocenters. The van der Waals surface area contributed by atoms with Gasteiger partial charge in [0.15, 0.2) is 9.84 Å². The van der Waals surface area contributed by atoms with Gasteiger partial charge in [-0.25, -0.2) is 22.8 Å². The van der Waals surface area contributed by atoms with Gasteiger partial charge in [0.05, 0.1) is 25.3 Å². The number of nitrogens with two attached hydrogens (primary N) is 1. The van der Waals surface area contributed by atoms with Gasteiger partial charge in [0, 0.05) is 11.3 Å². The number of carbonyl (C=O) groups is 1. The Morgan fingerprint density at radius 2 is 1.93 bits per heavy atom. The molecule has 2 aromatic rings. The lowest BCUT2D eigenvalue weighted by atomic mass is 9.92. The summed E-state index contributed by atoms with van der Waals surface area (Å²) in [5.74, 6) is -1.51. The van der Waals surface area contributed by atoms with E-state index in [1.165, 1.54) is 52.4 Å². The maximum atomic E-state index is 14.7. The summed E-state index contributed by atoms with van der Waals surface area (Å²) < 4.78 is 43.7. The van der Waals surface area contributed by atoms with Crippen LogP contribution < -0.4 is 15.8 Å². The van der Waals surface area contributed by atoms with Crippen LogP contribution in [0.3, 0.4) is 0 Å². The number of methoxy groups -OCH3 is 1. The highest BCUT2D eigenvalue weighted by Gasteiger charge is 2.49. The van der Waals surface area contributed by atoms with Gasteiger partial charge in [-0.1, -0.05) is 0 Å². The van der Waals surface area contributed by atoms with Crippen LogP contribution in [0.15, 0.2) is 35.6 Å². The Bertz CT molecular complexity index is 1130. The molecule has 1 aromatic carbocycles. The quantitative estimate of drug-likeness (QED) is 0.745. The lowest BCUT2D eigenvalue weighted by molar-refractivity contribution is 0.102. The third-order valence-electron chi connectivity index (χ3n) is 5.11. The number of nitrogens with one attached hydrogen (secondary N) is 1. The number of amidine groups is 1. The average molecular weight is 435 g/mol. The van der Waals surface area contributed by atoms with Crippen LogP contribution in [0.1, 0.15) is 36.8 Å². The maximum Gasteiger partial charge on any atom is 0.275 e. The zero-order valence-electron chi connectivity index (χ0n) is 16.9. The van der Waals surface area contributed by atoms with Crippen molar-refractivity contribution in [1.29, 1.82) is 0 Å². The molecule has 0 aliphatic carbocycles. The topological polar surface area (TPSA) is 137 Å². The van der Waals surface area contributed by atoms with Crippen molar-refractivity contribution in [3.63, 3.8) is 0 Å². The Morgan fingerprint density at radius 1 is 1.23 bits per heavy atom. The molecule has 1 aliphatic rings. The Morgan fingerprint density at radius 3 is 2.50 bits per heavy atom. The van der Waals surface area contributed by atoms with Crippen molar-refractivity contribution < 1.29 is 22.3 Å². The molecule has 11 heteroatoms. The molecule has 0 saturated carbocycles. The lowest BCUT2D eigenvalue weighted by Gasteiger charge is -2.38. The Labute approximate surface area is 173 Å². The Balaban J connectivity index is 1.95. The predicted octanol–water partition coefficient (Wildman–Crippen LogP) is 1.66. The molecule has 160 valence electrons. The molecule has 0 fully saturated rings. The fourth-order valence-electron chi connectivity index (χ4n) is 3.03. The summed E-state index contributed by atoms with van der Waals surface area (Å²) in [5.41, 5.74) is 4.75. The van der Waals surface area contributed by atoms with E-state index in [4.69, 9.17) is 10.5 Å². The van der Waals surface area contributed by atoms with E-state index >= 15 is 0 Å². The summed E-state index contributed by atoms with van der Waals surface area (Å²) >= 11 is 0. The molecule has 1 aromatic heterocycles. The molecular weight excluding hydrogens is 413 g/mol. The van der Waals surface area contributed by atoms with Crippen molar-refractivity contribution in [2.24, 2.45) is 10.7 Å². The fraction of sp³-hybridized carbons (Fsp3) is 0.368. The largest absolute Gasteiger partial charge is 0.480 e. The number of ether oxygens (including phenoxy) is 1. The molecule has 0 spiro atoms. The molecule has 0 radical (unpaired) electrons. The van der Waals surface area contributed by atoms with Crippen molar-refractivity contribution in [2.75, 3.05) is 18.2 Å². The smallest absolute Gasteiger partial charge is 0.275 e. The SMILES string of the molecule is COc1cnc(C(=O)Nc2ccc(F)c(C3(C)CS(=O)(=O)C(C)(C)C(N)=N3)c2)cn1. The summed E-state index contributed by atoms with van der Waals surface area (Å²) in [6.07, 6.45) is 2.53. The van der Waals surface area contributed by atoms with E-state index in [0.29, 0.717) is 0 Å². The number of aromatic nitrogens is 2. The summed E-state index contributed by atoms with van der Waals surface area (Å²) in [6.45, 7) is 4.42. The van der Waals surface area contributed by atoms with Crippen molar-refractivity contribution >= 4 is 27.3 Å². The van der Waals surface area contributed by atoms with Gasteiger partial charge in [0.2, 0.25) is 5.88 Å². The molecule has 0 bridgehead atoms. The van der Waals surface area contributed by atoms with Crippen LogP contribution in [-0.2, 0) is 15.4 Å². The highest BCUT2D eigenvalue weighted by atomic mass is 32.2. The molecule has 1 amide bonds. The maximum absolute atomic E-state index is 14.7. The summed E-state index contributed by atoms with van der Waals surface area (Å²) in [6, 6.07) is 3.83. The normalized spacial score (nSPS) is 22.1. The highest BCUT2D eigenvalue weighted by Crippen LogP contribution is 2.38. The first-order valence-electron chi connectivity index (χ1n) is 8.95. The minimum atomic E-state index is -3.71. The molecule has 9 nitrogen and oxygen atoms in total. The predicted molar refractivity (Wildman–Crippen MR) is 110 cm³/mol. The first kappa shape index (κ1) is 21.6. The minimum Gasteiger partial charge on any atom is -0.480 e. The van der Waals surface area contributed by atoms with Crippen LogP contribution in [0, 0.1) is 5.82 Å². The van der Waals surface area contributed by atoms with E-state index in [0.717, 1.165) is 6.07 Å². The number of aliphatic imine (C=N–C) groups is 1.